The lowest BCUT2D eigenvalue weighted by Crippen LogP contribution is -2.35. The number of nitrogens with zero attached hydrogens (tertiary/aromatic N) is 2. The summed E-state index contributed by atoms with van der Waals surface area (Å²) in [7, 11) is 3.23. The fourth-order valence-electron chi connectivity index (χ4n) is 3.63. The number of carbonyl (C=O) groups is 2. The van der Waals surface area contributed by atoms with E-state index in [4.69, 9.17) is 9.47 Å². The predicted octanol–water partition coefficient (Wildman–Crippen LogP) is 3.71. The summed E-state index contributed by atoms with van der Waals surface area (Å²) in [5.41, 5.74) is 3.34. The molecule has 0 radical (unpaired) electrons. The number of rotatable bonds is 8. The van der Waals surface area contributed by atoms with Gasteiger partial charge in [-0.05, 0) is 47.9 Å². The molecule has 3 aromatic rings. The average Bonchev–Trinajstić information content (AvgIpc) is 2.86. The number of pyridine rings is 1. The number of aromatic nitrogens is 1. The second-order valence-electron chi connectivity index (χ2n) is 7.48. The quantitative estimate of drug-likeness (QED) is 0.549. The minimum atomic E-state index is -0.144. The van der Waals surface area contributed by atoms with Crippen LogP contribution >= 0.6 is 11.8 Å². The molecule has 2 heterocycles. The smallest absolute Gasteiger partial charge is 0.251 e. The van der Waals surface area contributed by atoms with E-state index < -0.39 is 0 Å². The molecule has 0 atom stereocenters. The van der Waals surface area contributed by atoms with Gasteiger partial charge < -0.3 is 19.7 Å². The number of anilines is 1. The zero-order chi connectivity index (χ0) is 23.2. The van der Waals surface area contributed by atoms with E-state index in [1.807, 2.05) is 42.5 Å². The van der Waals surface area contributed by atoms with Gasteiger partial charge in [0.1, 0.15) is 16.5 Å². The molecule has 2 aromatic carbocycles. The Labute approximate surface area is 197 Å². The van der Waals surface area contributed by atoms with Crippen LogP contribution in [0.3, 0.4) is 0 Å². The molecular formula is C25H25N3O4S. The number of amides is 2. The van der Waals surface area contributed by atoms with Crippen molar-refractivity contribution in [3.05, 3.63) is 77.5 Å². The largest absolute Gasteiger partial charge is 0.497 e. The molecule has 170 valence electrons. The van der Waals surface area contributed by atoms with Crippen LogP contribution < -0.4 is 19.7 Å². The first-order valence-corrected chi connectivity index (χ1v) is 11.5. The zero-order valence-electron chi connectivity index (χ0n) is 18.5. The van der Waals surface area contributed by atoms with Crippen molar-refractivity contribution in [3.8, 4) is 11.5 Å². The van der Waals surface area contributed by atoms with E-state index in [1.165, 1.54) is 11.8 Å². The number of benzene rings is 2. The normalized spacial score (nSPS) is 12.8. The van der Waals surface area contributed by atoms with Gasteiger partial charge in [-0.25, -0.2) is 4.98 Å². The molecule has 7 nitrogen and oxygen atoms in total. The monoisotopic (exact) mass is 463 g/mol. The van der Waals surface area contributed by atoms with Crippen molar-refractivity contribution < 1.29 is 19.1 Å². The summed E-state index contributed by atoms with van der Waals surface area (Å²) in [6, 6.07) is 16.7. The Bertz CT molecular complexity index is 1150. The molecule has 0 aliphatic carbocycles. The minimum absolute atomic E-state index is 0.0521. The summed E-state index contributed by atoms with van der Waals surface area (Å²) < 4.78 is 10.6. The van der Waals surface area contributed by atoms with Crippen LogP contribution in [0.5, 0.6) is 11.5 Å². The molecule has 0 spiro atoms. The maximum absolute atomic E-state index is 12.6. The highest BCUT2D eigenvalue weighted by molar-refractivity contribution is 8.00. The number of ether oxygens (including phenoxy) is 2. The van der Waals surface area contributed by atoms with Crippen LogP contribution in [0.4, 0.5) is 5.69 Å². The molecule has 1 aliphatic rings. The first-order valence-electron chi connectivity index (χ1n) is 10.5. The molecule has 1 aromatic heterocycles. The van der Waals surface area contributed by atoms with Crippen molar-refractivity contribution in [3.63, 3.8) is 0 Å². The predicted molar refractivity (Wildman–Crippen MR) is 128 cm³/mol. The summed E-state index contributed by atoms with van der Waals surface area (Å²) in [6.45, 7) is 0.921. The summed E-state index contributed by atoms with van der Waals surface area (Å²) in [5.74, 6) is 1.74. The lowest BCUT2D eigenvalue weighted by atomic mass is 10.1. The van der Waals surface area contributed by atoms with Crippen LogP contribution in [-0.4, -0.2) is 43.3 Å². The van der Waals surface area contributed by atoms with Crippen LogP contribution in [0, 0.1) is 0 Å². The van der Waals surface area contributed by atoms with E-state index in [9.17, 15) is 9.59 Å². The molecule has 1 aliphatic heterocycles. The van der Waals surface area contributed by atoms with Crippen molar-refractivity contribution in [1.82, 2.24) is 10.3 Å². The summed E-state index contributed by atoms with van der Waals surface area (Å²) in [4.78, 5) is 31.1. The van der Waals surface area contributed by atoms with Crippen molar-refractivity contribution in [2.75, 3.05) is 31.4 Å². The number of nitrogens with one attached hydrogen (secondary N) is 1. The zero-order valence-corrected chi connectivity index (χ0v) is 19.4. The van der Waals surface area contributed by atoms with Gasteiger partial charge in [-0.15, -0.1) is 0 Å². The van der Waals surface area contributed by atoms with Crippen LogP contribution in [0.15, 0.2) is 65.8 Å². The molecular weight excluding hydrogens is 438 g/mol. The average molecular weight is 464 g/mol. The molecule has 0 unspecified atom stereocenters. The van der Waals surface area contributed by atoms with Crippen molar-refractivity contribution in [2.45, 2.75) is 18.0 Å². The summed E-state index contributed by atoms with van der Waals surface area (Å²) in [6.07, 6.45) is 2.37. The minimum Gasteiger partial charge on any atom is -0.497 e. The number of hydrogen-bond acceptors (Lipinski definition) is 6. The number of carbonyl (C=O) groups excluding carboxylic acids is 2. The van der Waals surface area contributed by atoms with Crippen LogP contribution in [0.2, 0.25) is 0 Å². The third-order valence-corrected chi connectivity index (χ3v) is 6.39. The number of fused-ring (bicyclic) bond motifs is 1. The van der Waals surface area contributed by atoms with Crippen molar-refractivity contribution in [1.29, 1.82) is 0 Å². The second kappa shape index (κ2) is 10.4. The molecule has 0 saturated heterocycles. The van der Waals surface area contributed by atoms with E-state index in [2.05, 4.69) is 10.3 Å². The van der Waals surface area contributed by atoms with Gasteiger partial charge in [-0.3, -0.25) is 9.59 Å². The Morgan fingerprint density at radius 2 is 1.94 bits per heavy atom. The maximum atomic E-state index is 12.6. The molecule has 4 rings (SSSR count). The van der Waals surface area contributed by atoms with Gasteiger partial charge in [-0.2, -0.15) is 0 Å². The Kier molecular flexibility index (Phi) is 7.14. The highest BCUT2D eigenvalue weighted by Gasteiger charge is 2.25. The fourth-order valence-corrected chi connectivity index (χ4v) is 4.51. The molecule has 2 amide bonds. The van der Waals surface area contributed by atoms with Gasteiger partial charge in [-0.1, -0.05) is 30.0 Å². The van der Waals surface area contributed by atoms with Gasteiger partial charge in [0.2, 0.25) is 5.91 Å². The number of hydrogen-bond donors (Lipinski definition) is 1. The number of methoxy groups -OCH3 is 2. The third-order valence-electron chi connectivity index (χ3n) is 5.41. The molecule has 0 bridgehead atoms. The highest BCUT2D eigenvalue weighted by Crippen LogP contribution is 2.34. The van der Waals surface area contributed by atoms with E-state index in [1.54, 1.807) is 37.4 Å². The summed E-state index contributed by atoms with van der Waals surface area (Å²) >= 11 is 1.46. The van der Waals surface area contributed by atoms with Gasteiger partial charge in [0.05, 0.1) is 32.2 Å². The molecule has 0 saturated carbocycles. The second-order valence-corrected chi connectivity index (χ2v) is 8.44. The lowest BCUT2D eigenvalue weighted by Gasteiger charge is -2.28. The first-order chi connectivity index (χ1) is 16.1. The molecule has 0 fully saturated rings. The molecule has 8 heteroatoms. The SMILES string of the molecule is COc1ccc(CCNC(=O)c2ccc(CN3C(=O)CSc4ncccc43)cc2)c(OC)c1. The highest BCUT2D eigenvalue weighted by atomic mass is 32.2. The van der Waals surface area contributed by atoms with Crippen molar-refractivity contribution in [2.24, 2.45) is 0 Å². The van der Waals surface area contributed by atoms with Gasteiger partial charge in [0.25, 0.3) is 5.91 Å². The first kappa shape index (κ1) is 22.7. The molecule has 33 heavy (non-hydrogen) atoms. The van der Waals surface area contributed by atoms with Gasteiger partial charge >= 0.3 is 0 Å². The standard InChI is InChI=1S/C25H25N3O4S/c1-31-20-10-9-18(22(14-20)32-2)11-13-26-24(30)19-7-5-17(6-8-19)15-28-21-4-3-12-27-25(21)33-16-23(28)29/h3-10,12,14H,11,13,15-16H2,1-2H3,(H,26,30). The van der Waals surface area contributed by atoms with E-state index in [0.29, 0.717) is 30.8 Å². The van der Waals surface area contributed by atoms with Gasteiger partial charge in [0, 0.05) is 24.4 Å². The van der Waals surface area contributed by atoms with Crippen LogP contribution in [0.25, 0.3) is 0 Å². The number of thioether (sulfide) groups is 1. The maximum Gasteiger partial charge on any atom is 0.251 e. The van der Waals surface area contributed by atoms with E-state index in [-0.39, 0.29) is 11.8 Å². The fraction of sp³-hybridized carbons (Fsp3) is 0.240. The van der Waals surface area contributed by atoms with Crippen molar-refractivity contribution >= 4 is 29.3 Å². The Hall–Kier alpha value is -3.52. The third kappa shape index (κ3) is 5.28. The van der Waals surface area contributed by atoms with E-state index in [0.717, 1.165) is 33.3 Å². The van der Waals surface area contributed by atoms with E-state index >= 15 is 0 Å². The Morgan fingerprint density at radius 3 is 2.70 bits per heavy atom. The lowest BCUT2D eigenvalue weighted by molar-refractivity contribution is -0.116. The summed E-state index contributed by atoms with van der Waals surface area (Å²) in [5, 5.41) is 3.81. The Morgan fingerprint density at radius 1 is 1.12 bits per heavy atom. The van der Waals surface area contributed by atoms with Crippen LogP contribution in [0.1, 0.15) is 21.5 Å². The molecule has 1 N–H and O–H groups in total. The Balaban J connectivity index is 1.35. The van der Waals surface area contributed by atoms with Crippen LogP contribution in [-0.2, 0) is 17.8 Å². The van der Waals surface area contributed by atoms with Gasteiger partial charge in [0.15, 0.2) is 0 Å². The topological polar surface area (TPSA) is 80.8 Å².